The minimum Gasteiger partial charge on any atom is -0.293 e. The zero-order valence-electron chi connectivity index (χ0n) is 20.7. The van der Waals surface area contributed by atoms with Crippen LogP contribution in [0.15, 0.2) is 72.0 Å². The molecule has 36 heavy (non-hydrogen) atoms. The smallest absolute Gasteiger partial charge is 0.244 e. The maximum atomic E-state index is 13.4. The molecule has 0 aliphatic carbocycles. The Labute approximate surface area is 211 Å². The van der Waals surface area contributed by atoms with Gasteiger partial charge in [-0.25, -0.2) is 17.5 Å². The summed E-state index contributed by atoms with van der Waals surface area (Å²) in [6.07, 6.45) is 4.79. The first kappa shape index (κ1) is 24.5. The number of rotatable bonds is 6. The number of piperazine rings is 1. The van der Waals surface area contributed by atoms with E-state index in [0.717, 1.165) is 34.3 Å². The molecule has 9 heteroatoms. The number of fused-ring (bicyclic) bond motifs is 1. The first-order valence-electron chi connectivity index (χ1n) is 12.1. The minimum absolute atomic E-state index is 0.0915. The molecule has 1 aliphatic rings. The van der Waals surface area contributed by atoms with Gasteiger partial charge in [-0.3, -0.25) is 9.88 Å². The topological polar surface area (TPSA) is 71.3 Å². The molecule has 2 aromatic heterocycles. The van der Waals surface area contributed by atoms with Gasteiger partial charge in [0.05, 0.1) is 17.4 Å². The second-order valence-corrected chi connectivity index (χ2v) is 11.7. The van der Waals surface area contributed by atoms with Crippen molar-refractivity contribution >= 4 is 20.9 Å². The van der Waals surface area contributed by atoms with Crippen LogP contribution in [0.4, 0.5) is 4.39 Å². The van der Waals surface area contributed by atoms with Gasteiger partial charge in [0.15, 0.2) is 0 Å². The monoisotopic (exact) mass is 507 g/mol. The second-order valence-electron chi connectivity index (χ2n) is 9.76. The van der Waals surface area contributed by atoms with E-state index in [1.54, 1.807) is 45.6 Å². The number of halogens is 1. The van der Waals surface area contributed by atoms with Gasteiger partial charge < -0.3 is 0 Å². The van der Waals surface area contributed by atoms with E-state index in [-0.39, 0.29) is 16.8 Å². The number of sulfonamides is 1. The maximum Gasteiger partial charge on any atom is 0.244 e. The van der Waals surface area contributed by atoms with Crippen molar-refractivity contribution in [2.75, 3.05) is 26.2 Å². The van der Waals surface area contributed by atoms with Crippen molar-refractivity contribution in [1.82, 2.24) is 24.0 Å². The predicted molar refractivity (Wildman–Crippen MR) is 138 cm³/mol. The molecule has 188 valence electrons. The van der Waals surface area contributed by atoms with Crippen molar-refractivity contribution in [2.45, 2.75) is 31.7 Å². The first-order valence-corrected chi connectivity index (χ1v) is 13.6. The van der Waals surface area contributed by atoms with E-state index in [0.29, 0.717) is 25.6 Å². The fraction of sp³-hybridized carbons (Fsp3) is 0.333. The number of aromatic nitrogens is 3. The van der Waals surface area contributed by atoms with E-state index in [2.05, 4.69) is 47.9 Å². The van der Waals surface area contributed by atoms with Gasteiger partial charge in [0, 0.05) is 50.0 Å². The van der Waals surface area contributed by atoms with E-state index in [1.165, 1.54) is 18.3 Å². The van der Waals surface area contributed by atoms with Gasteiger partial charge in [-0.2, -0.15) is 9.40 Å². The summed E-state index contributed by atoms with van der Waals surface area (Å²) in [6.45, 7) is 8.73. The summed E-state index contributed by atoms with van der Waals surface area (Å²) >= 11 is 0. The van der Waals surface area contributed by atoms with E-state index in [4.69, 9.17) is 0 Å². The molecule has 0 spiro atoms. The molecule has 4 aromatic rings. The third-order valence-corrected chi connectivity index (χ3v) is 8.56. The zero-order chi connectivity index (χ0) is 25.4. The lowest BCUT2D eigenvalue weighted by Gasteiger charge is -2.42. The lowest BCUT2D eigenvalue weighted by molar-refractivity contribution is 0.105. The third-order valence-electron chi connectivity index (χ3n) is 6.71. The Morgan fingerprint density at radius 2 is 1.86 bits per heavy atom. The summed E-state index contributed by atoms with van der Waals surface area (Å²) in [5.41, 5.74) is 3.86. The fourth-order valence-corrected chi connectivity index (χ4v) is 6.39. The molecule has 0 N–H and O–H groups in total. The molecule has 1 aliphatic heterocycles. The van der Waals surface area contributed by atoms with Gasteiger partial charge in [0.2, 0.25) is 10.0 Å². The number of hydrogen-bond donors (Lipinski definition) is 0. The van der Waals surface area contributed by atoms with Crippen LogP contribution >= 0.6 is 0 Å². The Balaban J connectivity index is 1.53. The largest absolute Gasteiger partial charge is 0.293 e. The Morgan fingerprint density at radius 1 is 1.08 bits per heavy atom. The van der Waals surface area contributed by atoms with Gasteiger partial charge in [-0.15, -0.1) is 0 Å². The van der Waals surface area contributed by atoms with Crippen LogP contribution in [0, 0.1) is 18.7 Å². The van der Waals surface area contributed by atoms with E-state index < -0.39 is 10.0 Å². The summed E-state index contributed by atoms with van der Waals surface area (Å²) in [7, 11) is -3.65. The van der Waals surface area contributed by atoms with Crippen molar-refractivity contribution in [1.29, 1.82) is 0 Å². The summed E-state index contributed by atoms with van der Waals surface area (Å²) < 4.78 is 43.6. The molecule has 0 unspecified atom stereocenters. The highest BCUT2D eigenvalue weighted by atomic mass is 32.2. The third kappa shape index (κ3) is 4.66. The number of pyridine rings is 1. The minimum atomic E-state index is -3.65. The van der Waals surface area contributed by atoms with E-state index >= 15 is 0 Å². The molecule has 0 saturated carbocycles. The van der Waals surface area contributed by atoms with Crippen LogP contribution < -0.4 is 0 Å². The lowest BCUT2D eigenvalue weighted by atomic mass is 9.96. The van der Waals surface area contributed by atoms with Crippen LogP contribution in [0.1, 0.15) is 31.0 Å². The van der Waals surface area contributed by atoms with Crippen LogP contribution in [-0.2, 0) is 10.0 Å². The highest BCUT2D eigenvalue weighted by Gasteiger charge is 2.36. The average molecular weight is 508 g/mol. The van der Waals surface area contributed by atoms with Gasteiger partial charge in [0.25, 0.3) is 0 Å². The molecule has 0 radical (unpaired) electrons. The molecular weight excluding hydrogens is 477 g/mol. The Bertz CT molecular complexity index is 1470. The molecule has 0 bridgehead atoms. The quantitative estimate of drug-likeness (QED) is 0.382. The predicted octanol–water partition coefficient (Wildman–Crippen LogP) is 4.57. The number of aryl methyl sites for hydroxylation is 1. The van der Waals surface area contributed by atoms with Gasteiger partial charge in [-0.05, 0) is 72.5 Å². The van der Waals surface area contributed by atoms with Crippen molar-refractivity contribution < 1.29 is 12.8 Å². The highest BCUT2D eigenvalue weighted by molar-refractivity contribution is 7.89. The highest BCUT2D eigenvalue weighted by Crippen LogP contribution is 2.34. The normalized spacial score (nSPS) is 17.8. The fourth-order valence-electron chi connectivity index (χ4n) is 4.99. The summed E-state index contributed by atoms with van der Waals surface area (Å²) in [6, 6.07) is 13.6. The van der Waals surface area contributed by atoms with E-state index in [9.17, 15) is 12.8 Å². The maximum absolute atomic E-state index is 13.4. The number of nitrogens with zero attached hydrogens (tertiary/aromatic N) is 5. The first-order chi connectivity index (χ1) is 17.2. The SMILES string of the molecule is Cc1cc2c(cnn2-c2ccc(F)cc2)cc1[C@@H]1CN(S(=O)(=O)c2cccnc2)CCN1CC(C)C. The van der Waals surface area contributed by atoms with Crippen LogP contribution in [0.3, 0.4) is 0 Å². The molecule has 1 saturated heterocycles. The second kappa shape index (κ2) is 9.72. The number of benzene rings is 2. The van der Waals surface area contributed by atoms with Crippen molar-refractivity contribution in [3.8, 4) is 5.69 Å². The summed E-state index contributed by atoms with van der Waals surface area (Å²) in [5, 5.41) is 5.51. The van der Waals surface area contributed by atoms with Gasteiger partial charge >= 0.3 is 0 Å². The van der Waals surface area contributed by atoms with Crippen LogP contribution in [-0.4, -0.2) is 58.6 Å². The van der Waals surface area contributed by atoms with Crippen LogP contribution in [0.5, 0.6) is 0 Å². The zero-order valence-corrected chi connectivity index (χ0v) is 21.5. The van der Waals surface area contributed by atoms with E-state index in [1.807, 2.05) is 0 Å². The van der Waals surface area contributed by atoms with Crippen molar-refractivity contribution in [3.63, 3.8) is 0 Å². The molecule has 2 aromatic carbocycles. The van der Waals surface area contributed by atoms with Crippen LogP contribution in [0.2, 0.25) is 0 Å². The average Bonchev–Trinajstić information content (AvgIpc) is 3.27. The molecule has 7 nitrogen and oxygen atoms in total. The van der Waals surface area contributed by atoms with Crippen LogP contribution in [0.25, 0.3) is 16.6 Å². The molecular formula is C27H30FN5O2S. The summed E-state index contributed by atoms with van der Waals surface area (Å²) in [4.78, 5) is 6.62. The molecule has 1 atom stereocenters. The molecule has 1 fully saturated rings. The molecule has 5 rings (SSSR count). The van der Waals surface area contributed by atoms with Crippen molar-refractivity contribution in [3.05, 3.63) is 84.1 Å². The van der Waals surface area contributed by atoms with Gasteiger partial charge in [0.1, 0.15) is 10.7 Å². The standard InChI is InChI=1S/C27H30FN5O2S/c1-19(2)17-31-11-12-32(36(34,35)24-5-4-10-29-16-24)18-27(31)25-14-21-15-30-33(26(21)13-20(25)3)23-8-6-22(28)7-9-23/h4-10,13-16,19,27H,11-12,17-18H2,1-3H3/t27-/m0/s1. The molecule has 3 heterocycles. The lowest BCUT2D eigenvalue weighted by Crippen LogP contribution is -2.51. The number of hydrogen-bond acceptors (Lipinski definition) is 5. The van der Waals surface area contributed by atoms with Gasteiger partial charge in [-0.1, -0.05) is 13.8 Å². The Morgan fingerprint density at radius 3 is 2.56 bits per heavy atom. The summed E-state index contributed by atoms with van der Waals surface area (Å²) in [5.74, 6) is 0.154. The van der Waals surface area contributed by atoms with Crippen molar-refractivity contribution in [2.24, 2.45) is 5.92 Å². The Hall–Kier alpha value is -3.14. The molecule has 0 amide bonds. The Kier molecular flexibility index (Phi) is 6.63.